The maximum Gasteiger partial charge on any atom is 0.261 e. The summed E-state index contributed by atoms with van der Waals surface area (Å²) in [5.74, 6) is -3.09. The molecule has 0 radical (unpaired) electrons. The predicted octanol–water partition coefficient (Wildman–Crippen LogP) is 3.85. The third-order valence-corrected chi connectivity index (χ3v) is 5.46. The van der Waals surface area contributed by atoms with E-state index in [0.29, 0.717) is 30.1 Å². The van der Waals surface area contributed by atoms with Gasteiger partial charge < -0.3 is 15.8 Å². The molecule has 2 aromatic carbocycles. The zero-order valence-electron chi connectivity index (χ0n) is 18.3. The summed E-state index contributed by atoms with van der Waals surface area (Å²) in [6, 6.07) is 15.6. The van der Waals surface area contributed by atoms with Crippen LogP contribution in [0.4, 0.5) is 14.5 Å². The molecule has 3 N–H and O–H groups in total. The van der Waals surface area contributed by atoms with Gasteiger partial charge in [-0.05, 0) is 41.5 Å². The first-order chi connectivity index (χ1) is 16.3. The quantitative estimate of drug-likeness (QED) is 0.526. The lowest BCUT2D eigenvalue weighted by Crippen LogP contribution is -2.24. The van der Waals surface area contributed by atoms with E-state index in [9.17, 15) is 18.4 Å². The van der Waals surface area contributed by atoms with E-state index < -0.39 is 11.8 Å². The maximum absolute atomic E-state index is 13.4. The van der Waals surface area contributed by atoms with Crippen molar-refractivity contribution in [3.05, 3.63) is 89.2 Å². The fraction of sp³-hybridized carbons (Fsp3) is 0.240. The van der Waals surface area contributed by atoms with E-state index in [0.717, 1.165) is 11.1 Å². The molecule has 34 heavy (non-hydrogen) atoms. The van der Waals surface area contributed by atoms with Gasteiger partial charge >= 0.3 is 0 Å². The molecular formula is C25H24F2N4O3. The summed E-state index contributed by atoms with van der Waals surface area (Å²) in [4.78, 5) is 29.6. The summed E-state index contributed by atoms with van der Waals surface area (Å²) < 4.78 is 32.4. The van der Waals surface area contributed by atoms with Gasteiger partial charge in [0.05, 0.1) is 18.3 Å². The molecule has 1 saturated heterocycles. The van der Waals surface area contributed by atoms with Crippen LogP contribution in [0.5, 0.6) is 5.75 Å². The molecule has 1 aliphatic rings. The minimum Gasteiger partial charge on any atom is -0.487 e. The van der Waals surface area contributed by atoms with Crippen molar-refractivity contribution in [1.29, 1.82) is 0 Å². The smallest absolute Gasteiger partial charge is 0.261 e. The number of nitrogens with zero attached hydrogens (tertiary/aromatic N) is 2. The molecule has 1 fully saturated rings. The first-order valence-electron chi connectivity index (χ1n) is 10.7. The number of aromatic nitrogens is 1. The molecule has 176 valence electrons. The van der Waals surface area contributed by atoms with Crippen molar-refractivity contribution < 1.29 is 23.1 Å². The van der Waals surface area contributed by atoms with Crippen LogP contribution < -0.4 is 15.8 Å². The van der Waals surface area contributed by atoms with E-state index in [2.05, 4.69) is 10.3 Å². The third kappa shape index (κ3) is 6.14. The first-order valence-corrected chi connectivity index (χ1v) is 10.7. The van der Waals surface area contributed by atoms with Crippen LogP contribution in [0.3, 0.4) is 0 Å². The molecule has 2 amide bonds. The first kappa shape index (κ1) is 23.3. The molecule has 0 aliphatic carbocycles. The second-order valence-electron chi connectivity index (χ2n) is 8.23. The monoisotopic (exact) mass is 466 g/mol. The second kappa shape index (κ2) is 9.96. The molecule has 1 aromatic heterocycles. The number of anilines is 1. The number of benzene rings is 2. The van der Waals surface area contributed by atoms with Crippen molar-refractivity contribution in [2.24, 2.45) is 5.73 Å². The van der Waals surface area contributed by atoms with E-state index in [4.69, 9.17) is 10.5 Å². The van der Waals surface area contributed by atoms with Gasteiger partial charge in [0.15, 0.2) is 0 Å². The average Bonchev–Trinajstić information content (AvgIpc) is 3.16. The molecule has 0 atom stereocenters. The van der Waals surface area contributed by atoms with Gasteiger partial charge in [-0.3, -0.25) is 19.5 Å². The Labute approximate surface area is 195 Å². The maximum atomic E-state index is 13.4. The normalized spacial score (nSPS) is 15.1. The van der Waals surface area contributed by atoms with E-state index in [1.54, 1.807) is 47.4 Å². The second-order valence-corrected chi connectivity index (χ2v) is 8.23. The van der Waals surface area contributed by atoms with Gasteiger partial charge in [-0.25, -0.2) is 8.78 Å². The van der Waals surface area contributed by atoms with Crippen molar-refractivity contribution in [3.63, 3.8) is 0 Å². The SMILES string of the molecule is NC(=O)c1cncc(OCc2cccc(NC(=O)c3ccc(CN4CCC(F)(F)C4)cc3)c2)c1. The number of rotatable bonds is 8. The highest BCUT2D eigenvalue weighted by Gasteiger charge is 2.37. The Hall–Kier alpha value is -3.85. The zero-order chi connectivity index (χ0) is 24.1. The molecule has 4 rings (SSSR count). The van der Waals surface area contributed by atoms with Crippen molar-refractivity contribution in [3.8, 4) is 5.75 Å². The van der Waals surface area contributed by atoms with Gasteiger partial charge in [-0.2, -0.15) is 0 Å². The standard InChI is InChI=1S/C25H24F2N4O3/c26-25(27)8-9-31(16-25)14-17-4-6-19(7-5-17)24(33)30-21-3-1-2-18(10-21)15-34-22-11-20(23(28)32)12-29-13-22/h1-7,10-13H,8-9,14-16H2,(H2,28,32)(H,30,33). The Morgan fingerprint density at radius 3 is 2.56 bits per heavy atom. The van der Waals surface area contributed by atoms with Gasteiger partial charge in [0.2, 0.25) is 5.91 Å². The van der Waals surface area contributed by atoms with Crippen molar-refractivity contribution in [2.45, 2.75) is 25.5 Å². The fourth-order valence-corrected chi connectivity index (χ4v) is 3.70. The number of ether oxygens (including phenoxy) is 1. The fourth-order valence-electron chi connectivity index (χ4n) is 3.70. The Balaban J connectivity index is 1.33. The van der Waals surface area contributed by atoms with Crippen LogP contribution in [0.1, 0.15) is 38.3 Å². The van der Waals surface area contributed by atoms with Crippen LogP contribution in [0, 0.1) is 0 Å². The van der Waals surface area contributed by atoms with E-state index in [1.807, 2.05) is 6.07 Å². The molecule has 0 unspecified atom stereocenters. The van der Waals surface area contributed by atoms with Crippen LogP contribution in [-0.4, -0.2) is 40.7 Å². The Morgan fingerprint density at radius 2 is 1.85 bits per heavy atom. The molecule has 0 bridgehead atoms. The minimum atomic E-state index is -2.62. The van der Waals surface area contributed by atoms with Crippen molar-refractivity contribution in [1.82, 2.24) is 9.88 Å². The summed E-state index contributed by atoms with van der Waals surface area (Å²) >= 11 is 0. The number of nitrogens with one attached hydrogen (secondary N) is 1. The average molecular weight is 466 g/mol. The van der Waals surface area contributed by atoms with Crippen LogP contribution in [-0.2, 0) is 13.2 Å². The van der Waals surface area contributed by atoms with E-state index in [1.165, 1.54) is 18.5 Å². The molecule has 1 aliphatic heterocycles. The van der Waals surface area contributed by atoms with Crippen molar-refractivity contribution in [2.75, 3.05) is 18.4 Å². The summed E-state index contributed by atoms with van der Waals surface area (Å²) in [7, 11) is 0. The van der Waals surface area contributed by atoms with Crippen LogP contribution in [0.25, 0.3) is 0 Å². The number of carbonyl (C=O) groups excluding carboxylic acids is 2. The number of alkyl halides is 2. The molecule has 9 heteroatoms. The van der Waals surface area contributed by atoms with E-state index in [-0.39, 0.29) is 31.0 Å². The molecule has 0 spiro atoms. The van der Waals surface area contributed by atoms with E-state index >= 15 is 0 Å². The van der Waals surface area contributed by atoms with Gasteiger partial charge in [-0.1, -0.05) is 24.3 Å². The molecule has 2 heterocycles. The number of amides is 2. The van der Waals surface area contributed by atoms with Gasteiger partial charge in [0.1, 0.15) is 12.4 Å². The number of primary amides is 1. The number of pyridine rings is 1. The number of likely N-dealkylation sites (tertiary alicyclic amines) is 1. The lowest BCUT2D eigenvalue weighted by molar-refractivity contribution is 0.0115. The molecule has 0 saturated carbocycles. The third-order valence-electron chi connectivity index (χ3n) is 5.46. The summed E-state index contributed by atoms with van der Waals surface area (Å²) in [5.41, 5.74) is 8.25. The lowest BCUT2D eigenvalue weighted by atomic mass is 10.1. The highest BCUT2D eigenvalue weighted by atomic mass is 19.3. The number of halogens is 2. The highest BCUT2D eigenvalue weighted by molar-refractivity contribution is 6.04. The number of hydrogen-bond acceptors (Lipinski definition) is 5. The number of carbonyl (C=O) groups is 2. The molecule has 7 nitrogen and oxygen atoms in total. The summed E-state index contributed by atoms with van der Waals surface area (Å²) in [5, 5.41) is 2.85. The number of hydrogen-bond donors (Lipinski definition) is 2. The summed E-state index contributed by atoms with van der Waals surface area (Å²) in [6.07, 6.45) is 2.73. The number of nitrogens with two attached hydrogens (primary N) is 1. The van der Waals surface area contributed by atoms with Crippen LogP contribution in [0.2, 0.25) is 0 Å². The topological polar surface area (TPSA) is 97.5 Å². The Morgan fingerprint density at radius 1 is 1.06 bits per heavy atom. The van der Waals surface area contributed by atoms with Crippen LogP contribution >= 0.6 is 0 Å². The van der Waals surface area contributed by atoms with Crippen molar-refractivity contribution >= 4 is 17.5 Å². The Kier molecular flexibility index (Phi) is 6.83. The van der Waals surface area contributed by atoms with Crippen LogP contribution in [0.15, 0.2) is 67.0 Å². The minimum absolute atomic E-state index is 0.117. The molecular weight excluding hydrogens is 442 g/mol. The Bertz CT molecular complexity index is 1180. The lowest BCUT2D eigenvalue weighted by Gasteiger charge is -2.15. The predicted molar refractivity (Wildman–Crippen MR) is 123 cm³/mol. The van der Waals surface area contributed by atoms with Gasteiger partial charge in [0.25, 0.3) is 11.8 Å². The van der Waals surface area contributed by atoms with Gasteiger partial charge in [-0.15, -0.1) is 0 Å². The summed E-state index contributed by atoms with van der Waals surface area (Å²) in [6.45, 7) is 0.764. The largest absolute Gasteiger partial charge is 0.487 e. The molecule has 3 aromatic rings. The zero-order valence-corrected chi connectivity index (χ0v) is 18.3. The highest BCUT2D eigenvalue weighted by Crippen LogP contribution is 2.28. The van der Waals surface area contributed by atoms with Gasteiger partial charge in [0, 0.05) is 37.0 Å².